The molecule has 0 radical (unpaired) electrons. The van der Waals surface area contributed by atoms with Crippen LogP contribution in [0.1, 0.15) is 12.5 Å². The molecule has 27 heavy (non-hydrogen) atoms. The molecule has 9 heteroatoms. The number of aryl methyl sites for hydroxylation is 1. The largest absolute Gasteiger partial charge is 0.417 e. The fraction of sp³-hybridized carbons (Fsp3) is 0.222. The van der Waals surface area contributed by atoms with Gasteiger partial charge in [-0.2, -0.15) is 0 Å². The van der Waals surface area contributed by atoms with E-state index in [2.05, 4.69) is 15.0 Å². The quantitative estimate of drug-likeness (QED) is 0.598. The van der Waals surface area contributed by atoms with E-state index in [-0.39, 0.29) is 5.75 Å². The number of carbonyl (C=O) groups excluding carboxylic acids is 1. The number of oxazole rings is 1. The van der Waals surface area contributed by atoms with Crippen LogP contribution in [0.2, 0.25) is 0 Å². The normalized spacial score (nSPS) is 12.7. The number of aromatic amines is 1. The molecule has 142 valence electrons. The van der Waals surface area contributed by atoms with E-state index in [1.165, 1.54) is 6.92 Å². The van der Waals surface area contributed by atoms with Gasteiger partial charge in [0.15, 0.2) is 5.58 Å². The Morgan fingerprint density at radius 3 is 2.52 bits per heavy atom. The predicted molar refractivity (Wildman–Crippen MR) is 103 cm³/mol. The summed E-state index contributed by atoms with van der Waals surface area (Å²) in [5.41, 5.74) is 2.71. The molecule has 1 unspecified atom stereocenters. The number of nitrogens with one attached hydrogen (secondary N) is 3. The zero-order valence-electron chi connectivity index (χ0n) is 14.8. The second kappa shape index (κ2) is 7.28. The number of H-pyrrole nitrogens is 1. The van der Waals surface area contributed by atoms with Crippen molar-refractivity contribution in [1.82, 2.24) is 4.98 Å². The maximum Gasteiger partial charge on any atom is 0.417 e. The summed E-state index contributed by atoms with van der Waals surface area (Å²) in [4.78, 5) is 26.0. The van der Waals surface area contributed by atoms with E-state index >= 15 is 0 Å². The molecule has 3 rings (SSSR count). The second-order valence-corrected chi connectivity index (χ2v) is 8.13. The minimum atomic E-state index is -3.69. The molecule has 2 aromatic carbocycles. The first kappa shape index (κ1) is 18.7. The van der Waals surface area contributed by atoms with Crippen molar-refractivity contribution in [2.45, 2.75) is 13.8 Å². The van der Waals surface area contributed by atoms with Crippen molar-refractivity contribution >= 4 is 38.4 Å². The van der Waals surface area contributed by atoms with Gasteiger partial charge in [-0.25, -0.2) is 13.2 Å². The first-order valence-electron chi connectivity index (χ1n) is 8.23. The van der Waals surface area contributed by atoms with Crippen LogP contribution in [-0.2, 0) is 14.8 Å². The number of hydrogen-bond donors (Lipinski definition) is 3. The highest BCUT2D eigenvalue weighted by Crippen LogP contribution is 2.18. The zero-order chi connectivity index (χ0) is 19.6. The van der Waals surface area contributed by atoms with E-state index in [4.69, 9.17) is 4.42 Å². The van der Waals surface area contributed by atoms with E-state index in [1.54, 1.807) is 42.5 Å². The van der Waals surface area contributed by atoms with Crippen molar-refractivity contribution in [3.8, 4) is 0 Å². The van der Waals surface area contributed by atoms with Crippen LogP contribution < -0.4 is 15.8 Å². The average Bonchev–Trinajstić information content (AvgIpc) is 2.95. The summed E-state index contributed by atoms with van der Waals surface area (Å²) >= 11 is 0. The summed E-state index contributed by atoms with van der Waals surface area (Å²) in [6, 6.07) is 11.6. The van der Waals surface area contributed by atoms with Gasteiger partial charge in [-0.15, -0.1) is 0 Å². The molecular formula is C18H19N3O5S. The van der Waals surface area contributed by atoms with Crippen molar-refractivity contribution in [3.05, 3.63) is 58.6 Å². The first-order chi connectivity index (χ1) is 12.7. The molecule has 0 aliphatic heterocycles. The van der Waals surface area contributed by atoms with Crippen LogP contribution in [0.4, 0.5) is 11.4 Å². The van der Waals surface area contributed by atoms with Crippen LogP contribution in [0, 0.1) is 12.8 Å². The first-order valence-corrected chi connectivity index (χ1v) is 9.88. The molecule has 0 saturated heterocycles. The number of sulfonamides is 1. The third-order valence-electron chi connectivity index (χ3n) is 3.93. The van der Waals surface area contributed by atoms with Crippen molar-refractivity contribution < 1.29 is 17.6 Å². The molecule has 1 amide bonds. The molecule has 3 N–H and O–H groups in total. The third-order valence-corrected chi connectivity index (χ3v) is 5.41. The summed E-state index contributed by atoms with van der Waals surface area (Å²) in [6.45, 7) is 3.43. The van der Waals surface area contributed by atoms with E-state index in [1.807, 2.05) is 6.92 Å². The Balaban J connectivity index is 1.64. The fourth-order valence-electron chi connectivity index (χ4n) is 2.54. The van der Waals surface area contributed by atoms with Crippen LogP contribution >= 0.6 is 0 Å². The molecule has 1 aromatic heterocycles. The van der Waals surface area contributed by atoms with Crippen LogP contribution in [-0.4, -0.2) is 25.1 Å². The standard InChI is InChI=1S/C18H19N3O5S/c1-11-3-5-13(6-4-11)21-27(24,25)10-12(2)17(22)19-14-7-8-16-15(9-14)20-18(23)26-16/h3-9,12,21H,10H2,1-2H3,(H,19,22)(H,20,23). The molecule has 0 bridgehead atoms. The van der Waals surface area contributed by atoms with Gasteiger partial charge in [-0.05, 0) is 37.3 Å². The van der Waals surface area contributed by atoms with Gasteiger partial charge < -0.3 is 9.73 Å². The Bertz CT molecular complexity index is 1130. The van der Waals surface area contributed by atoms with Gasteiger partial charge in [0.25, 0.3) is 0 Å². The smallest absolute Gasteiger partial charge is 0.408 e. The summed E-state index contributed by atoms with van der Waals surface area (Å²) in [5, 5.41) is 2.64. The maximum absolute atomic E-state index is 12.3. The average molecular weight is 389 g/mol. The van der Waals surface area contributed by atoms with Gasteiger partial charge >= 0.3 is 5.76 Å². The lowest BCUT2D eigenvalue weighted by Crippen LogP contribution is -2.29. The van der Waals surface area contributed by atoms with Gasteiger partial charge in [0.05, 0.1) is 17.2 Å². The second-order valence-electron chi connectivity index (χ2n) is 6.37. The molecule has 0 saturated carbocycles. The van der Waals surface area contributed by atoms with Crippen LogP contribution in [0.15, 0.2) is 51.7 Å². The Morgan fingerprint density at radius 1 is 1.15 bits per heavy atom. The van der Waals surface area contributed by atoms with Gasteiger partial charge in [-0.1, -0.05) is 24.6 Å². The van der Waals surface area contributed by atoms with Crippen molar-refractivity contribution in [1.29, 1.82) is 0 Å². The fourth-order valence-corrected chi connectivity index (χ4v) is 3.93. The third kappa shape index (κ3) is 4.76. The molecule has 1 heterocycles. The van der Waals surface area contributed by atoms with E-state index in [0.29, 0.717) is 22.5 Å². The minimum Gasteiger partial charge on any atom is -0.408 e. The van der Waals surface area contributed by atoms with Gasteiger partial charge in [0, 0.05) is 11.4 Å². The lowest BCUT2D eigenvalue weighted by Gasteiger charge is -2.14. The molecule has 0 aliphatic rings. The highest BCUT2D eigenvalue weighted by atomic mass is 32.2. The number of rotatable bonds is 6. The topological polar surface area (TPSA) is 121 Å². The number of amides is 1. The van der Waals surface area contributed by atoms with Crippen molar-refractivity contribution in [2.24, 2.45) is 5.92 Å². The number of fused-ring (bicyclic) bond motifs is 1. The maximum atomic E-state index is 12.3. The number of benzene rings is 2. The van der Waals surface area contributed by atoms with Crippen LogP contribution in [0.5, 0.6) is 0 Å². The molecule has 3 aromatic rings. The van der Waals surface area contributed by atoms with E-state index in [9.17, 15) is 18.0 Å². The Morgan fingerprint density at radius 2 is 1.81 bits per heavy atom. The zero-order valence-corrected chi connectivity index (χ0v) is 15.6. The van der Waals surface area contributed by atoms with E-state index < -0.39 is 27.6 Å². The van der Waals surface area contributed by atoms with Crippen molar-refractivity contribution in [3.63, 3.8) is 0 Å². The lowest BCUT2D eigenvalue weighted by molar-refractivity contribution is -0.118. The van der Waals surface area contributed by atoms with Crippen molar-refractivity contribution in [2.75, 3.05) is 15.8 Å². The highest BCUT2D eigenvalue weighted by Gasteiger charge is 2.22. The van der Waals surface area contributed by atoms with Gasteiger partial charge in [0.1, 0.15) is 0 Å². The monoisotopic (exact) mass is 389 g/mol. The molecule has 0 aliphatic carbocycles. The molecule has 1 atom stereocenters. The molecule has 0 spiro atoms. The summed E-state index contributed by atoms with van der Waals surface area (Å²) in [6.07, 6.45) is 0. The predicted octanol–water partition coefficient (Wildman–Crippen LogP) is 2.45. The lowest BCUT2D eigenvalue weighted by atomic mass is 10.2. The van der Waals surface area contributed by atoms with Gasteiger partial charge in [-0.3, -0.25) is 14.5 Å². The summed E-state index contributed by atoms with van der Waals surface area (Å²) in [5.74, 6) is -2.19. The highest BCUT2D eigenvalue weighted by molar-refractivity contribution is 7.92. The Kier molecular flexibility index (Phi) is 5.04. The Hall–Kier alpha value is -3.07. The molecule has 8 nitrogen and oxygen atoms in total. The minimum absolute atomic E-state index is 0.364. The van der Waals surface area contributed by atoms with Crippen LogP contribution in [0.25, 0.3) is 11.1 Å². The Labute approximate surface area is 155 Å². The molecule has 0 fully saturated rings. The number of anilines is 2. The number of hydrogen-bond acceptors (Lipinski definition) is 5. The number of carbonyl (C=O) groups is 1. The van der Waals surface area contributed by atoms with Crippen LogP contribution in [0.3, 0.4) is 0 Å². The van der Waals surface area contributed by atoms with Gasteiger partial charge in [0.2, 0.25) is 15.9 Å². The van der Waals surface area contributed by atoms with E-state index in [0.717, 1.165) is 5.56 Å². The SMILES string of the molecule is Cc1ccc(NS(=O)(=O)CC(C)C(=O)Nc2ccc3oc(=O)[nH]c3c2)cc1. The number of aromatic nitrogens is 1. The molecular weight excluding hydrogens is 370 g/mol. The summed E-state index contributed by atoms with van der Waals surface area (Å²) in [7, 11) is -3.69. The summed E-state index contributed by atoms with van der Waals surface area (Å²) < 4.78 is 31.9.